The lowest BCUT2D eigenvalue weighted by Gasteiger charge is -2.15. The van der Waals surface area contributed by atoms with Gasteiger partial charge in [-0.25, -0.2) is 13.1 Å². The molecule has 0 heterocycles. The number of hydrogen-bond acceptors (Lipinski definition) is 5. The molecule has 0 unspecified atom stereocenters. The van der Waals surface area contributed by atoms with Crippen LogP contribution in [0.4, 0.5) is 0 Å². The van der Waals surface area contributed by atoms with E-state index in [0.29, 0.717) is 45.2 Å². The third kappa shape index (κ3) is 12.4. The second kappa shape index (κ2) is 14.8. The van der Waals surface area contributed by atoms with E-state index >= 15 is 0 Å². The zero-order valence-corrected chi connectivity index (χ0v) is 20.2. The number of hydrogen-bond donors (Lipinski definition) is 3. The van der Waals surface area contributed by atoms with E-state index in [1.807, 2.05) is 25.1 Å². The van der Waals surface area contributed by atoms with Gasteiger partial charge in [-0.15, -0.1) is 24.0 Å². The predicted molar refractivity (Wildman–Crippen MR) is 124 cm³/mol. The second-order valence-electron chi connectivity index (χ2n) is 6.18. The van der Waals surface area contributed by atoms with Crippen LogP contribution < -0.4 is 20.1 Å². The highest BCUT2D eigenvalue weighted by atomic mass is 127. The SMILES string of the molecule is CN=C(NCCCNS(C)(=O)=O)NCc1ccc(C)cc1OCCCOC.I. The minimum Gasteiger partial charge on any atom is -0.493 e. The number of guanidine groups is 1. The van der Waals surface area contributed by atoms with Crippen molar-refractivity contribution in [3.05, 3.63) is 29.3 Å². The number of halogens is 1. The van der Waals surface area contributed by atoms with Gasteiger partial charge in [0, 0.05) is 52.4 Å². The quantitative estimate of drug-likeness (QED) is 0.165. The molecule has 8 nitrogen and oxygen atoms in total. The molecule has 1 aromatic carbocycles. The van der Waals surface area contributed by atoms with Gasteiger partial charge in [0.05, 0.1) is 12.9 Å². The van der Waals surface area contributed by atoms with Crippen molar-refractivity contribution in [2.45, 2.75) is 26.3 Å². The monoisotopic (exact) mass is 528 g/mol. The first-order valence-electron chi connectivity index (χ1n) is 8.96. The van der Waals surface area contributed by atoms with Gasteiger partial charge in [0.25, 0.3) is 0 Å². The number of aryl methyl sites for hydroxylation is 1. The molecular formula is C18H33IN4O4S. The largest absolute Gasteiger partial charge is 0.493 e. The van der Waals surface area contributed by atoms with Crippen LogP contribution in [0.15, 0.2) is 23.2 Å². The third-order valence-corrected chi connectivity index (χ3v) is 4.38. The fourth-order valence-corrected chi connectivity index (χ4v) is 2.79. The zero-order valence-electron chi connectivity index (χ0n) is 17.1. The molecule has 10 heteroatoms. The van der Waals surface area contributed by atoms with E-state index < -0.39 is 10.0 Å². The highest BCUT2D eigenvalue weighted by Gasteiger charge is 2.06. The van der Waals surface area contributed by atoms with Gasteiger partial charge in [0.15, 0.2) is 5.96 Å². The van der Waals surface area contributed by atoms with Crippen LogP contribution in [0.5, 0.6) is 5.75 Å². The Hall–Kier alpha value is -1.11. The Labute approximate surface area is 185 Å². The molecule has 28 heavy (non-hydrogen) atoms. The molecule has 162 valence electrons. The van der Waals surface area contributed by atoms with Crippen molar-refractivity contribution in [3.63, 3.8) is 0 Å². The molecule has 0 aliphatic heterocycles. The normalized spacial score (nSPS) is 11.6. The molecule has 1 aromatic rings. The van der Waals surface area contributed by atoms with Gasteiger partial charge in [0.2, 0.25) is 10.0 Å². The number of rotatable bonds is 12. The molecule has 0 radical (unpaired) electrons. The van der Waals surface area contributed by atoms with Gasteiger partial charge in [0.1, 0.15) is 5.75 Å². The van der Waals surface area contributed by atoms with Gasteiger partial charge in [-0.3, -0.25) is 4.99 Å². The topological polar surface area (TPSA) is 101 Å². The fourth-order valence-electron chi connectivity index (χ4n) is 2.28. The van der Waals surface area contributed by atoms with Gasteiger partial charge in [-0.05, 0) is 25.0 Å². The first-order chi connectivity index (χ1) is 12.9. The molecule has 0 saturated carbocycles. The molecule has 0 atom stereocenters. The average molecular weight is 528 g/mol. The van der Waals surface area contributed by atoms with Crippen molar-refractivity contribution in [2.24, 2.45) is 4.99 Å². The van der Waals surface area contributed by atoms with E-state index in [9.17, 15) is 8.42 Å². The van der Waals surface area contributed by atoms with Crippen molar-refractivity contribution in [1.29, 1.82) is 0 Å². The van der Waals surface area contributed by atoms with Crippen LogP contribution in [0, 0.1) is 6.92 Å². The summed E-state index contributed by atoms with van der Waals surface area (Å²) in [5.41, 5.74) is 2.18. The fraction of sp³-hybridized carbons (Fsp3) is 0.611. The van der Waals surface area contributed by atoms with E-state index in [-0.39, 0.29) is 24.0 Å². The van der Waals surface area contributed by atoms with Crippen LogP contribution in [-0.4, -0.2) is 61.1 Å². The Bertz CT molecular complexity index is 699. The molecule has 0 spiro atoms. The standard InChI is InChI=1S/C18H32N4O4S.HI/c1-15-7-8-16(17(13-15)26-12-6-11-25-3)14-21-18(19-2)20-9-5-10-22-27(4,23)24;/h7-8,13,22H,5-6,9-12,14H2,1-4H3,(H2,19,20,21);1H. The van der Waals surface area contributed by atoms with E-state index in [1.54, 1.807) is 14.2 Å². The molecule has 0 aromatic heterocycles. The highest BCUT2D eigenvalue weighted by molar-refractivity contribution is 14.0. The Kier molecular flexibility index (Phi) is 14.2. The van der Waals surface area contributed by atoms with E-state index in [4.69, 9.17) is 9.47 Å². The Balaban J connectivity index is 0.00000729. The summed E-state index contributed by atoms with van der Waals surface area (Å²) < 4.78 is 35.4. The lowest BCUT2D eigenvalue weighted by atomic mass is 10.1. The minimum atomic E-state index is -3.14. The molecular weight excluding hydrogens is 495 g/mol. The number of nitrogens with one attached hydrogen (secondary N) is 3. The maximum atomic E-state index is 11.0. The average Bonchev–Trinajstić information content (AvgIpc) is 2.61. The molecule has 0 aliphatic carbocycles. The van der Waals surface area contributed by atoms with Gasteiger partial charge < -0.3 is 20.1 Å². The number of sulfonamides is 1. The van der Waals surface area contributed by atoms with Crippen molar-refractivity contribution in [1.82, 2.24) is 15.4 Å². The van der Waals surface area contributed by atoms with Crippen LogP contribution in [0.2, 0.25) is 0 Å². The van der Waals surface area contributed by atoms with E-state index in [0.717, 1.165) is 29.6 Å². The second-order valence-corrected chi connectivity index (χ2v) is 8.01. The number of benzene rings is 1. The van der Waals surface area contributed by atoms with Crippen LogP contribution in [0.25, 0.3) is 0 Å². The van der Waals surface area contributed by atoms with Crippen molar-refractivity contribution in [3.8, 4) is 5.75 Å². The summed E-state index contributed by atoms with van der Waals surface area (Å²) in [6.07, 6.45) is 2.64. The summed E-state index contributed by atoms with van der Waals surface area (Å²) in [5, 5.41) is 6.41. The number of nitrogens with zero attached hydrogens (tertiary/aromatic N) is 1. The Morgan fingerprint density at radius 2 is 1.89 bits per heavy atom. The lowest BCUT2D eigenvalue weighted by molar-refractivity contribution is 0.171. The summed E-state index contributed by atoms with van der Waals surface area (Å²) in [6, 6.07) is 6.11. The maximum Gasteiger partial charge on any atom is 0.208 e. The number of aliphatic imine (C=N–C) groups is 1. The molecule has 0 bridgehead atoms. The van der Waals surface area contributed by atoms with Crippen LogP contribution in [-0.2, 0) is 21.3 Å². The van der Waals surface area contributed by atoms with E-state index in [1.165, 1.54) is 0 Å². The van der Waals surface area contributed by atoms with Crippen molar-refractivity contribution < 1.29 is 17.9 Å². The minimum absolute atomic E-state index is 0. The summed E-state index contributed by atoms with van der Waals surface area (Å²) >= 11 is 0. The smallest absolute Gasteiger partial charge is 0.208 e. The zero-order chi connectivity index (χ0) is 20.1. The van der Waals surface area contributed by atoms with Crippen molar-refractivity contribution >= 4 is 40.0 Å². The summed E-state index contributed by atoms with van der Waals surface area (Å²) in [6.45, 7) is 4.87. The Morgan fingerprint density at radius 3 is 2.54 bits per heavy atom. The van der Waals surface area contributed by atoms with Gasteiger partial charge >= 0.3 is 0 Å². The van der Waals surface area contributed by atoms with Crippen LogP contribution >= 0.6 is 24.0 Å². The molecule has 0 saturated heterocycles. The van der Waals surface area contributed by atoms with Crippen molar-refractivity contribution in [2.75, 3.05) is 46.7 Å². The van der Waals surface area contributed by atoms with E-state index in [2.05, 4.69) is 20.3 Å². The number of ether oxygens (including phenoxy) is 2. The summed E-state index contributed by atoms with van der Waals surface area (Å²) in [7, 11) is 0.232. The summed E-state index contributed by atoms with van der Waals surface area (Å²) in [4.78, 5) is 4.18. The molecule has 0 aliphatic rings. The maximum absolute atomic E-state index is 11.0. The number of methoxy groups -OCH3 is 1. The molecule has 1 rings (SSSR count). The van der Waals surface area contributed by atoms with Gasteiger partial charge in [-0.1, -0.05) is 12.1 Å². The lowest BCUT2D eigenvalue weighted by Crippen LogP contribution is -2.38. The molecule has 3 N–H and O–H groups in total. The molecule has 0 fully saturated rings. The summed E-state index contributed by atoms with van der Waals surface area (Å²) in [5.74, 6) is 1.51. The van der Waals surface area contributed by atoms with Gasteiger partial charge in [-0.2, -0.15) is 0 Å². The highest BCUT2D eigenvalue weighted by Crippen LogP contribution is 2.20. The van der Waals surface area contributed by atoms with Crippen LogP contribution in [0.3, 0.4) is 0 Å². The first kappa shape index (κ1) is 26.9. The Morgan fingerprint density at radius 1 is 1.14 bits per heavy atom. The van der Waals surface area contributed by atoms with Crippen LogP contribution in [0.1, 0.15) is 24.0 Å². The predicted octanol–water partition coefficient (Wildman–Crippen LogP) is 1.63. The third-order valence-electron chi connectivity index (χ3n) is 3.65. The first-order valence-corrected chi connectivity index (χ1v) is 10.8. The molecule has 0 amide bonds.